The maximum absolute atomic E-state index is 13.9. The van der Waals surface area contributed by atoms with E-state index in [0.717, 1.165) is 65.5 Å². The van der Waals surface area contributed by atoms with Gasteiger partial charge in [-0.1, -0.05) is 18.2 Å². The van der Waals surface area contributed by atoms with E-state index in [4.69, 9.17) is 14.6 Å². The molecule has 7 rings (SSSR count). The van der Waals surface area contributed by atoms with Crippen LogP contribution in [0.3, 0.4) is 0 Å². The van der Waals surface area contributed by atoms with Gasteiger partial charge in [-0.15, -0.1) is 0 Å². The van der Waals surface area contributed by atoms with Gasteiger partial charge >= 0.3 is 0 Å². The number of aromatic nitrogens is 2. The number of methoxy groups -OCH3 is 2. The van der Waals surface area contributed by atoms with Crippen LogP contribution < -0.4 is 14.8 Å². The second-order valence-electron chi connectivity index (χ2n) is 11.2. The molecule has 4 bridgehead atoms. The Kier molecular flexibility index (Phi) is 5.78. The second-order valence-corrected chi connectivity index (χ2v) is 11.2. The molecule has 4 aliphatic rings. The number of hydrogen-bond donors (Lipinski definition) is 1. The molecule has 1 amide bonds. The Morgan fingerprint density at radius 3 is 2.28 bits per heavy atom. The molecular formula is C30H35N3O3. The lowest BCUT2D eigenvalue weighted by molar-refractivity contribution is -0.00771. The van der Waals surface area contributed by atoms with E-state index in [1.807, 2.05) is 66.3 Å². The first-order valence-electron chi connectivity index (χ1n) is 13.2. The van der Waals surface area contributed by atoms with Gasteiger partial charge in [0.2, 0.25) is 0 Å². The molecule has 1 unspecified atom stereocenters. The summed E-state index contributed by atoms with van der Waals surface area (Å²) >= 11 is 0. The number of carbonyl (C=O) groups excluding carboxylic acids is 1. The van der Waals surface area contributed by atoms with E-state index >= 15 is 0 Å². The fourth-order valence-electron chi connectivity index (χ4n) is 7.58. The molecule has 36 heavy (non-hydrogen) atoms. The van der Waals surface area contributed by atoms with Gasteiger partial charge in [-0.25, -0.2) is 4.68 Å². The lowest BCUT2D eigenvalue weighted by Gasteiger charge is -2.56. The molecule has 1 atom stereocenters. The third kappa shape index (κ3) is 3.97. The molecule has 4 fully saturated rings. The van der Waals surface area contributed by atoms with Gasteiger partial charge in [0.05, 0.1) is 37.2 Å². The number of nitrogens with one attached hydrogen (secondary N) is 1. The lowest BCUT2D eigenvalue weighted by atomic mass is 9.48. The molecule has 2 aromatic carbocycles. The van der Waals surface area contributed by atoms with Crippen molar-refractivity contribution in [1.82, 2.24) is 15.1 Å². The van der Waals surface area contributed by atoms with Crippen molar-refractivity contribution in [2.45, 2.75) is 56.9 Å². The number of ether oxygens (including phenoxy) is 2. The quantitative estimate of drug-likeness (QED) is 0.456. The summed E-state index contributed by atoms with van der Waals surface area (Å²) in [5, 5.41) is 8.39. The number of para-hydroxylation sites is 1. The third-order valence-electron chi connectivity index (χ3n) is 8.77. The average molecular weight is 486 g/mol. The molecular weight excluding hydrogens is 450 g/mol. The zero-order valence-corrected chi connectivity index (χ0v) is 21.4. The van der Waals surface area contributed by atoms with Gasteiger partial charge in [-0.3, -0.25) is 4.79 Å². The van der Waals surface area contributed by atoms with Gasteiger partial charge in [0, 0.05) is 17.2 Å². The normalized spacial score (nSPS) is 27.0. The molecule has 0 saturated heterocycles. The average Bonchev–Trinajstić information content (AvgIpc) is 3.35. The van der Waals surface area contributed by atoms with Crippen molar-refractivity contribution in [3.8, 4) is 17.2 Å². The summed E-state index contributed by atoms with van der Waals surface area (Å²) in [6.45, 7) is 1.99. The highest BCUT2D eigenvalue weighted by Gasteiger charge is 2.54. The maximum atomic E-state index is 13.9. The maximum Gasteiger partial charge on any atom is 0.255 e. The number of nitrogens with zero attached hydrogens (tertiary/aromatic N) is 2. The smallest absolute Gasteiger partial charge is 0.255 e. The van der Waals surface area contributed by atoms with E-state index in [0.29, 0.717) is 5.56 Å². The van der Waals surface area contributed by atoms with Crippen LogP contribution in [0, 0.1) is 17.8 Å². The monoisotopic (exact) mass is 485 g/mol. The number of rotatable bonds is 7. The van der Waals surface area contributed by atoms with E-state index in [1.165, 1.54) is 19.3 Å². The Hall–Kier alpha value is -3.28. The van der Waals surface area contributed by atoms with Crippen molar-refractivity contribution in [2.24, 2.45) is 17.8 Å². The lowest BCUT2D eigenvalue weighted by Crippen LogP contribution is -2.49. The first-order chi connectivity index (χ1) is 17.5. The van der Waals surface area contributed by atoms with E-state index in [2.05, 4.69) is 5.32 Å². The predicted octanol–water partition coefficient (Wildman–Crippen LogP) is 5.85. The van der Waals surface area contributed by atoms with Crippen molar-refractivity contribution >= 4 is 5.91 Å². The largest absolute Gasteiger partial charge is 0.497 e. The van der Waals surface area contributed by atoms with E-state index in [9.17, 15) is 4.79 Å². The summed E-state index contributed by atoms with van der Waals surface area (Å²) in [6.07, 6.45) is 9.47. The third-order valence-corrected chi connectivity index (χ3v) is 8.77. The Balaban J connectivity index is 1.37. The van der Waals surface area contributed by atoms with E-state index < -0.39 is 0 Å². The van der Waals surface area contributed by atoms with Gasteiger partial charge in [0.1, 0.15) is 11.5 Å². The fourth-order valence-corrected chi connectivity index (χ4v) is 7.58. The molecule has 6 heteroatoms. The van der Waals surface area contributed by atoms with Gasteiger partial charge in [-0.2, -0.15) is 5.10 Å². The number of benzene rings is 2. The van der Waals surface area contributed by atoms with Crippen molar-refractivity contribution in [2.75, 3.05) is 14.2 Å². The highest BCUT2D eigenvalue weighted by Crippen LogP contribution is 2.61. The van der Waals surface area contributed by atoms with Crippen molar-refractivity contribution in [1.29, 1.82) is 0 Å². The van der Waals surface area contributed by atoms with Gasteiger partial charge < -0.3 is 14.8 Å². The summed E-state index contributed by atoms with van der Waals surface area (Å²) in [4.78, 5) is 13.9. The first-order valence-corrected chi connectivity index (χ1v) is 13.2. The minimum Gasteiger partial charge on any atom is -0.497 e. The molecule has 4 saturated carbocycles. The van der Waals surface area contributed by atoms with Gasteiger partial charge in [0.25, 0.3) is 5.91 Å². The van der Waals surface area contributed by atoms with Crippen LogP contribution in [0.25, 0.3) is 5.69 Å². The van der Waals surface area contributed by atoms with Crippen LogP contribution in [0.5, 0.6) is 11.5 Å². The van der Waals surface area contributed by atoms with Crippen LogP contribution in [-0.4, -0.2) is 29.9 Å². The van der Waals surface area contributed by atoms with Crippen LogP contribution in [0.2, 0.25) is 0 Å². The minimum atomic E-state index is -0.258. The Bertz CT molecular complexity index is 1230. The fraction of sp³-hybridized carbons (Fsp3) is 0.467. The highest BCUT2D eigenvalue weighted by atomic mass is 16.5. The van der Waals surface area contributed by atoms with Crippen molar-refractivity contribution < 1.29 is 14.3 Å². The summed E-state index contributed by atoms with van der Waals surface area (Å²) in [7, 11) is 3.29. The Morgan fingerprint density at radius 2 is 1.67 bits per heavy atom. The summed E-state index contributed by atoms with van der Waals surface area (Å²) in [5.74, 6) is 3.69. The second kappa shape index (κ2) is 8.99. The molecule has 0 radical (unpaired) electrons. The molecule has 0 aliphatic heterocycles. The van der Waals surface area contributed by atoms with Crippen molar-refractivity contribution in [3.63, 3.8) is 0 Å². The number of carbonyl (C=O) groups is 1. The van der Waals surface area contributed by atoms with Gasteiger partial charge in [0.15, 0.2) is 0 Å². The zero-order chi connectivity index (χ0) is 24.9. The zero-order valence-electron chi connectivity index (χ0n) is 21.4. The van der Waals surface area contributed by atoms with Crippen molar-refractivity contribution in [3.05, 3.63) is 71.5 Å². The number of amides is 1. The molecule has 1 heterocycles. The Morgan fingerprint density at radius 1 is 1.00 bits per heavy atom. The molecule has 1 aromatic heterocycles. The van der Waals surface area contributed by atoms with Crippen LogP contribution in [0.15, 0.2) is 54.7 Å². The predicted molar refractivity (Wildman–Crippen MR) is 139 cm³/mol. The Labute approximate surface area is 213 Å². The van der Waals surface area contributed by atoms with E-state index in [-0.39, 0.29) is 17.4 Å². The van der Waals surface area contributed by atoms with E-state index in [1.54, 1.807) is 14.2 Å². The summed E-state index contributed by atoms with van der Waals surface area (Å²) in [6, 6.07) is 15.5. The van der Waals surface area contributed by atoms with Crippen LogP contribution >= 0.6 is 0 Å². The molecule has 1 N–H and O–H groups in total. The van der Waals surface area contributed by atoms with Gasteiger partial charge in [-0.05, 0) is 93.5 Å². The summed E-state index contributed by atoms with van der Waals surface area (Å²) in [5.41, 5.74) is 3.57. The molecule has 4 aliphatic carbocycles. The SMILES string of the molecule is COc1ccc(OC)c(C(C)NC(=O)c2cn(-c3ccccc3)nc2C23CC4CC(CC(C4)C2)C3)c1. The minimum absolute atomic E-state index is 0.0123. The topological polar surface area (TPSA) is 65.4 Å². The first kappa shape index (κ1) is 23.1. The highest BCUT2D eigenvalue weighted by molar-refractivity contribution is 5.96. The standard InChI is InChI=1S/C30H35N3O3/c1-19(25-14-24(35-2)9-10-27(25)36-3)31-29(34)26-18-33(23-7-5-4-6-8-23)32-28(26)30-15-20-11-21(16-30)13-22(12-20)17-30/h4-10,14,18-22H,11-13,15-17H2,1-3H3,(H,31,34). The molecule has 3 aromatic rings. The molecule has 6 nitrogen and oxygen atoms in total. The van der Waals surface area contributed by atoms with Crippen LogP contribution in [-0.2, 0) is 5.41 Å². The van der Waals surface area contributed by atoms with Crippen LogP contribution in [0.4, 0.5) is 0 Å². The molecule has 188 valence electrons. The van der Waals surface area contributed by atoms with Crippen LogP contribution in [0.1, 0.15) is 73.1 Å². The summed E-state index contributed by atoms with van der Waals surface area (Å²) < 4.78 is 12.9. The molecule has 0 spiro atoms. The number of hydrogen-bond acceptors (Lipinski definition) is 4.